The maximum atomic E-state index is 2.52. The summed E-state index contributed by atoms with van der Waals surface area (Å²) in [7, 11) is 0. The summed E-state index contributed by atoms with van der Waals surface area (Å²) in [6, 6.07) is 51.4. The molecule has 1 fully saturated rings. The molecule has 0 aliphatic heterocycles. The van der Waals surface area contributed by atoms with Gasteiger partial charge in [0, 0.05) is 34.1 Å². The third kappa shape index (κ3) is 5.18. The van der Waals surface area contributed by atoms with Crippen molar-refractivity contribution in [2.75, 3.05) is 9.80 Å². The van der Waals surface area contributed by atoms with E-state index in [0.29, 0.717) is 5.92 Å². The Bertz CT molecular complexity index is 1910. The second-order valence-corrected chi connectivity index (χ2v) is 13.3. The Kier molecular flexibility index (Phi) is 7.22. The molecule has 0 amide bonds. The highest BCUT2D eigenvalue weighted by Gasteiger charge is 2.38. The molecule has 6 aromatic carbocycles. The zero-order valence-corrected chi connectivity index (χ0v) is 26.9. The fourth-order valence-corrected chi connectivity index (χ4v) is 7.87. The average molecular weight is 597 g/mol. The third-order valence-corrected chi connectivity index (χ3v) is 10.1. The van der Waals surface area contributed by atoms with Gasteiger partial charge in [0.05, 0.1) is 0 Å². The van der Waals surface area contributed by atoms with E-state index in [0.717, 1.165) is 40.0 Å². The van der Waals surface area contributed by atoms with E-state index in [1.807, 2.05) is 0 Å². The van der Waals surface area contributed by atoms with Crippen molar-refractivity contribution in [1.82, 2.24) is 0 Å². The lowest BCUT2D eigenvalue weighted by Gasteiger charge is -2.30. The lowest BCUT2D eigenvalue weighted by molar-refractivity contribution is 0.714. The van der Waals surface area contributed by atoms with E-state index in [2.05, 4.69) is 170 Å². The number of aryl methyl sites for hydroxylation is 3. The van der Waals surface area contributed by atoms with Crippen LogP contribution in [-0.4, -0.2) is 0 Å². The van der Waals surface area contributed by atoms with Crippen LogP contribution in [0.4, 0.5) is 34.1 Å². The smallest absolute Gasteiger partial charge is 0.0488 e. The van der Waals surface area contributed by atoms with Gasteiger partial charge in [0.25, 0.3) is 0 Å². The number of anilines is 6. The highest BCUT2D eigenvalue weighted by atomic mass is 15.2. The van der Waals surface area contributed by atoms with Crippen molar-refractivity contribution in [2.24, 2.45) is 0 Å². The molecule has 0 radical (unpaired) electrons. The van der Waals surface area contributed by atoms with Crippen molar-refractivity contribution in [3.63, 3.8) is 0 Å². The van der Waals surface area contributed by atoms with Crippen LogP contribution in [0.3, 0.4) is 0 Å². The second kappa shape index (κ2) is 11.7. The van der Waals surface area contributed by atoms with E-state index in [1.165, 1.54) is 47.1 Å². The van der Waals surface area contributed by atoms with Gasteiger partial charge in [-0.2, -0.15) is 0 Å². The molecule has 0 spiro atoms. The normalized spacial score (nSPS) is 16.3. The van der Waals surface area contributed by atoms with Crippen LogP contribution in [0.1, 0.15) is 58.9 Å². The fraction of sp³-hybridized carbons (Fsp3) is 0.182. The Morgan fingerprint density at radius 1 is 0.435 bits per heavy atom. The predicted octanol–water partition coefficient (Wildman–Crippen LogP) is 12.6. The van der Waals surface area contributed by atoms with Gasteiger partial charge < -0.3 is 9.80 Å². The van der Waals surface area contributed by atoms with E-state index in [4.69, 9.17) is 0 Å². The minimum absolute atomic E-state index is 0.711. The molecule has 2 aliphatic carbocycles. The molecule has 0 N–H and O–H groups in total. The van der Waals surface area contributed by atoms with Gasteiger partial charge in [-0.25, -0.2) is 0 Å². The molecule has 0 saturated heterocycles. The summed E-state index contributed by atoms with van der Waals surface area (Å²) < 4.78 is 0. The van der Waals surface area contributed by atoms with Gasteiger partial charge in [0.2, 0.25) is 0 Å². The van der Waals surface area contributed by atoms with Crippen LogP contribution in [0, 0.1) is 20.8 Å². The number of benzene rings is 6. The Hall–Kier alpha value is -5.08. The minimum atomic E-state index is 0.711. The SMILES string of the molecule is Cc1ccc(N(c2ccc(C)cc2)c2cc(-c3cc(C)c4c(c3)C3CCC4C3)cc(N(c3ccccc3)c3ccccc3)c2)cc1. The Morgan fingerprint density at radius 3 is 1.41 bits per heavy atom. The number of nitrogens with zero attached hydrogens (tertiary/aromatic N) is 2. The molecule has 226 valence electrons. The summed E-state index contributed by atoms with van der Waals surface area (Å²) in [6.07, 6.45) is 4.01. The number of para-hydroxylation sites is 2. The maximum absolute atomic E-state index is 2.52. The van der Waals surface area contributed by atoms with Gasteiger partial charge in [-0.15, -0.1) is 0 Å². The van der Waals surface area contributed by atoms with Crippen LogP contribution >= 0.6 is 0 Å². The summed E-state index contributed by atoms with van der Waals surface area (Å²) in [6.45, 7) is 6.64. The topological polar surface area (TPSA) is 6.48 Å². The fourth-order valence-electron chi connectivity index (χ4n) is 7.87. The van der Waals surface area contributed by atoms with Crippen LogP contribution in [0.15, 0.2) is 140 Å². The molecule has 2 aliphatic rings. The Morgan fingerprint density at radius 2 is 0.891 bits per heavy atom. The first-order valence-electron chi connectivity index (χ1n) is 16.7. The van der Waals surface area contributed by atoms with Crippen LogP contribution in [0.25, 0.3) is 11.1 Å². The molecule has 46 heavy (non-hydrogen) atoms. The zero-order chi connectivity index (χ0) is 31.2. The van der Waals surface area contributed by atoms with Crippen molar-refractivity contribution < 1.29 is 0 Å². The predicted molar refractivity (Wildman–Crippen MR) is 195 cm³/mol. The van der Waals surface area contributed by atoms with Crippen LogP contribution in [0.2, 0.25) is 0 Å². The highest BCUT2D eigenvalue weighted by Crippen LogP contribution is 2.55. The Labute approximate surface area is 273 Å². The molecule has 0 heterocycles. The van der Waals surface area contributed by atoms with Crippen molar-refractivity contribution in [1.29, 1.82) is 0 Å². The van der Waals surface area contributed by atoms with Crippen LogP contribution in [0.5, 0.6) is 0 Å². The zero-order valence-electron chi connectivity index (χ0n) is 26.9. The molecule has 2 unspecified atom stereocenters. The van der Waals surface area contributed by atoms with E-state index >= 15 is 0 Å². The summed E-state index contributed by atoms with van der Waals surface area (Å²) in [5.74, 6) is 1.46. The van der Waals surface area contributed by atoms with Crippen LogP contribution < -0.4 is 9.80 Å². The summed E-state index contributed by atoms with van der Waals surface area (Å²) in [5, 5.41) is 0. The largest absolute Gasteiger partial charge is 0.310 e. The second-order valence-electron chi connectivity index (χ2n) is 13.3. The number of hydrogen-bond acceptors (Lipinski definition) is 2. The van der Waals surface area contributed by atoms with E-state index in [1.54, 1.807) is 11.1 Å². The summed E-state index contributed by atoms with van der Waals surface area (Å²) in [4.78, 5) is 4.79. The molecular formula is C44H40N2. The maximum Gasteiger partial charge on any atom is 0.0488 e. The molecule has 2 bridgehead atoms. The summed E-state index contributed by atoms with van der Waals surface area (Å²) >= 11 is 0. The first kappa shape index (κ1) is 28.4. The van der Waals surface area contributed by atoms with E-state index in [9.17, 15) is 0 Å². The third-order valence-electron chi connectivity index (χ3n) is 10.1. The van der Waals surface area contributed by atoms with E-state index < -0.39 is 0 Å². The van der Waals surface area contributed by atoms with Crippen molar-refractivity contribution >= 4 is 34.1 Å². The lowest BCUT2D eigenvalue weighted by atomic mass is 9.86. The van der Waals surface area contributed by atoms with Gasteiger partial charge in [0.15, 0.2) is 0 Å². The lowest BCUT2D eigenvalue weighted by Crippen LogP contribution is -2.13. The minimum Gasteiger partial charge on any atom is -0.310 e. The number of rotatable bonds is 7. The Balaban J connectivity index is 1.38. The van der Waals surface area contributed by atoms with Crippen molar-refractivity contribution in [3.05, 3.63) is 167 Å². The monoisotopic (exact) mass is 596 g/mol. The molecule has 8 rings (SSSR count). The molecule has 2 atom stereocenters. The van der Waals surface area contributed by atoms with Crippen molar-refractivity contribution in [3.8, 4) is 11.1 Å². The highest BCUT2D eigenvalue weighted by molar-refractivity contribution is 5.87. The van der Waals surface area contributed by atoms with Gasteiger partial charge in [-0.3, -0.25) is 0 Å². The van der Waals surface area contributed by atoms with Gasteiger partial charge in [-0.1, -0.05) is 83.9 Å². The molecule has 2 nitrogen and oxygen atoms in total. The first-order chi connectivity index (χ1) is 22.5. The average Bonchev–Trinajstić information content (AvgIpc) is 3.71. The molecule has 1 saturated carbocycles. The van der Waals surface area contributed by atoms with Gasteiger partial charge in [-0.05, 0) is 146 Å². The summed E-state index contributed by atoms with van der Waals surface area (Å²) in [5.41, 5.74) is 16.6. The number of hydrogen-bond donors (Lipinski definition) is 0. The van der Waals surface area contributed by atoms with E-state index in [-0.39, 0.29) is 0 Å². The quantitative estimate of drug-likeness (QED) is 0.181. The van der Waals surface area contributed by atoms with Crippen LogP contribution in [-0.2, 0) is 0 Å². The van der Waals surface area contributed by atoms with Gasteiger partial charge in [0.1, 0.15) is 0 Å². The first-order valence-corrected chi connectivity index (χ1v) is 16.7. The molecule has 2 heteroatoms. The molecule has 6 aromatic rings. The van der Waals surface area contributed by atoms with Crippen molar-refractivity contribution in [2.45, 2.75) is 51.9 Å². The number of fused-ring (bicyclic) bond motifs is 5. The standard InChI is InChI=1S/C44H40N2/c1-30-14-20-39(21-15-30)46(40-22-16-31(2)17-23-40)42-27-36(35-24-32(3)44-34-19-18-33(25-34)43(44)28-35)26-41(29-42)45(37-10-6-4-7-11-37)38-12-8-5-9-13-38/h4-17,20-24,26-29,33-34H,18-19,25H2,1-3H3. The van der Waals surface area contributed by atoms with Gasteiger partial charge >= 0.3 is 0 Å². The molecule has 0 aromatic heterocycles. The molecular weight excluding hydrogens is 556 g/mol.